The summed E-state index contributed by atoms with van der Waals surface area (Å²) in [4.78, 5) is 9.18. The number of aryl methyl sites for hydroxylation is 1. The monoisotopic (exact) mass is 454 g/mol. The van der Waals surface area contributed by atoms with E-state index in [0.29, 0.717) is 36.2 Å². The fourth-order valence-corrected chi connectivity index (χ4v) is 2.96. The first-order chi connectivity index (χ1) is 15.4. The van der Waals surface area contributed by atoms with Crippen LogP contribution in [-0.2, 0) is 9.53 Å². The van der Waals surface area contributed by atoms with Gasteiger partial charge in [0.15, 0.2) is 0 Å². The highest BCUT2D eigenvalue weighted by atomic mass is 19.3. The van der Waals surface area contributed by atoms with E-state index < -0.39 is 6.61 Å². The van der Waals surface area contributed by atoms with Crippen molar-refractivity contribution in [2.45, 2.75) is 53.2 Å². The molecule has 32 heavy (non-hydrogen) atoms. The van der Waals surface area contributed by atoms with Gasteiger partial charge in [-0.2, -0.15) is 8.78 Å². The highest BCUT2D eigenvalue weighted by molar-refractivity contribution is 5.71. The number of phenolic OH excluding ortho intramolecular Hbond substituents is 1. The molecule has 1 aliphatic heterocycles. The maximum absolute atomic E-state index is 12.2. The topological polar surface area (TPSA) is 106 Å². The SMILES string of the molecule is CC.CCOC=O.Cc1cc(NC2CCCNC2)nnc1-c1ccc(OC(F)F)cc1O. The molecule has 1 unspecified atom stereocenters. The van der Waals surface area contributed by atoms with Gasteiger partial charge in [-0.1, -0.05) is 13.8 Å². The van der Waals surface area contributed by atoms with E-state index in [1.165, 1.54) is 12.1 Å². The normalized spacial score (nSPS) is 14.9. The number of rotatable bonds is 7. The minimum Gasteiger partial charge on any atom is -0.507 e. The first-order valence-corrected chi connectivity index (χ1v) is 10.6. The van der Waals surface area contributed by atoms with Crippen LogP contribution in [0.1, 0.15) is 39.2 Å². The molecular formula is C22H32F2N4O4. The van der Waals surface area contributed by atoms with Gasteiger partial charge < -0.3 is 25.2 Å². The fourth-order valence-electron chi connectivity index (χ4n) is 2.96. The van der Waals surface area contributed by atoms with Crippen molar-refractivity contribution in [2.75, 3.05) is 25.0 Å². The van der Waals surface area contributed by atoms with Crippen LogP contribution in [0.25, 0.3) is 11.3 Å². The van der Waals surface area contributed by atoms with E-state index in [-0.39, 0.29) is 11.5 Å². The molecule has 1 aromatic heterocycles. The van der Waals surface area contributed by atoms with Crippen molar-refractivity contribution in [1.82, 2.24) is 15.5 Å². The molecule has 3 N–H and O–H groups in total. The molecule has 0 spiro atoms. The Hall–Kier alpha value is -3.01. The molecule has 1 aliphatic rings. The van der Waals surface area contributed by atoms with Crippen molar-refractivity contribution in [2.24, 2.45) is 0 Å². The Bertz CT molecular complexity index is 819. The van der Waals surface area contributed by atoms with Crippen molar-refractivity contribution < 1.29 is 28.2 Å². The summed E-state index contributed by atoms with van der Waals surface area (Å²) in [6, 6.07) is 6.17. The Labute approximate surface area is 187 Å². The maximum atomic E-state index is 12.2. The molecule has 1 saturated heterocycles. The molecule has 178 valence electrons. The van der Waals surface area contributed by atoms with Gasteiger partial charge in [-0.15, -0.1) is 10.2 Å². The van der Waals surface area contributed by atoms with Gasteiger partial charge in [-0.05, 0) is 57.0 Å². The molecule has 0 saturated carbocycles. The Balaban J connectivity index is 0.000000646. The van der Waals surface area contributed by atoms with Gasteiger partial charge in [0.05, 0.1) is 12.3 Å². The lowest BCUT2D eigenvalue weighted by atomic mass is 10.1. The quantitative estimate of drug-likeness (QED) is 0.537. The number of hydrogen-bond donors (Lipinski definition) is 3. The molecule has 10 heteroatoms. The minimum absolute atomic E-state index is 0.107. The number of hydrogen-bond acceptors (Lipinski definition) is 8. The van der Waals surface area contributed by atoms with Crippen LogP contribution in [0.15, 0.2) is 24.3 Å². The molecule has 0 amide bonds. The molecular weight excluding hydrogens is 422 g/mol. The molecule has 1 atom stereocenters. The van der Waals surface area contributed by atoms with Gasteiger partial charge in [0.2, 0.25) is 0 Å². The summed E-state index contributed by atoms with van der Waals surface area (Å²) in [5, 5.41) is 25.1. The van der Waals surface area contributed by atoms with Crippen LogP contribution in [0.3, 0.4) is 0 Å². The molecule has 2 heterocycles. The molecule has 8 nitrogen and oxygen atoms in total. The van der Waals surface area contributed by atoms with Gasteiger partial charge >= 0.3 is 6.61 Å². The summed E-state index contributed by atoms with van der Waals surface area (Å²) < 4.78 is 32.9. The fraction of sp³-hybridized carbons (Fsp3) is 0.500. The number of halogens is 2. The second-order valence-corrected chi connectivity index (χ2v) is 6.56. The van der Waals surface area contributed by atoms with Crippen molar-refractivity contribution in [3.05, 3.63) is 29.8 Å². The zero-order valence-electron chi connectivity index (χ0n) is 18.9. The number of nitrogens with one attached hydrogen (secondary N) is 2. The number of carbonyl (C=O) groups is 1. The molecule has 1 aromatic carbocycles. The summed E-state index contributed by atoms with van der Waals surface area (Å²) in [6.07, 6.45) is 2.19. The van der Waals surface area contributed by atoms with Crippen LogP contribution >= 0.6 is 0 Å². The van der Waals surface area contributed by atoms with Gasteiger partial charge in [0.25, 0.3) is 6.47 Å². The molecule has 3 rings (SSSR count). The average molecular weight is 455 g/mol. The number of nitrogens with zero attached hydrogens (tertiary/aromatic N) is 2. The van der Waals surface area contributed by atoms with E-state index in [1.54, 1.807) is 6.92 Å². The van der Waals surface area contributed by atoms with Crippen molar-refractivity contribution in [3.63, 3.8) is 0 Å². The molecule has 0 radical (unpaired) electrons. The van der Waals surface area contributed by atoms with E-state index in [9.17, 15) is 18.7 Å². The second kappa shape index (κ2) is 14.9. The standard InChI is InChI=1S/C17H20F2N4O2.C3H6O2.C2H6/c1-10-7-15(21-11-3-2-6-20-9-11)22-23-16(10)13-5-4-12(8-14(13)24)25-17(18)19;1-2-5-3-4;1-2/h4-5,7-8,11,17,20,24H,2-3,6,9H2,1H3,(H,21,22);3H,2H2,1H3;1-2H3. The van der Waals surface area contributed by atoms with E-state index in [4.69, 9.17) is 0 Å². The predicted molar refractivity (Wildman–Crippen MR) is 119 cm³/mol. The van der Waals surface area contributed by atoms with Gasteiger partial charge in [-0.25, -0.2) is 0 Å². The summed E-state index contributed by atoms with van der Waals surface area (Å²) >= 11 is 0. The number of ether oxygens (including phenoxy) is 2. The lowest BCUT2D eigenvalue weighted by Crippen LogP contribution is -2.38. The van der Waals surface area contributed by atoms with Crippen LogP contribution in [0.2, 0.25) is 0 Å². The highest BCUT2D eigenvalue weighted by Crippen LogP contribution is 2.33. The number of benzene rings is 1. The van der Waals surface area contributed by atoms with Crippen molar-refractivity contribution in [3.8, 4) is 22.8 Å². The summed E-state index contributed by atoms with van der Waals surface area (Å²) in [5.74, 6) is 0.379. The lowest BCUT2D eigenvalue weighted by Gasteiger charge is -2.24. The van der Waals surface area contributed by atoms with Gasteiger partial charge in [-0.3, -0.25) is 4.79 Å². The first kappa shape index (κ1) is 27.0. The summed E-state index contributed by atoms with van der Waals surface area (Å²) in [7, 11) is 0. The van der Waals surface area contributed by atoms with Crippen molar-refractivity contribution in [1.29, 1.82) is 0 Å². The van der Waals surface area contributed by atoms with E-state index in [1.807, 2.05) is 26.8 Å². The van der Waals surface area contributed by atoms with Crippen LogP contribution in [0.4, 0.5) is 14.6 Å². The zero-order chi connectivity index (χ0) is 23.9. The zero-order valence-corrected chi connectivity index (χ0v) is 18.9. The third-order valence-electron chi connectivity index (χ3n) is 4.32. The number of phenols is 1. The number of carbonyl (C=O) groups excluding carboxylic acids is 1. The molecule has 0 bridgehead atoms. The number of aromatic hydroxyl groups is 1. The van der Waals surface area contributed by atoms with Crippen LogP contribution < -0.4 is 15.4 Å². The third kappa shape index (κ3) is 9.01. The van der Waals surface area contributed by atoms with Gasteiger partial charge in [0.1, 0.15) is 17.3 Å². The number of piperidine rings is 1. The third-order valence-corrected chi connectivity index (χ3v) is 4.32. The smallest absolute Gasteiger partial charge is 0.387 e. The molecule has 0 aliphatic carbocycles. The first-order valence-electron chi connectivity index (χ1n) is 10.6. The number of anilines is 1. The number of alkyl halides is 2. The van der Waals surface area contributed by atoms with Gasteiger partial charge in [0, 0.05) is 24.2 Å². The minimum atomic E-state index is -2.94. The second-order valence-electron chi connectivity index (χ2n) is 6.56. The average Bonchev–Trinajstić information content (AvgIpc) is 2.77. The Morgan fingerprint density at radius 2 is 2.06 bits per heavy atom. The van der Waals surface area contributed by atoms with Crippen molar-refractivity contribution >= 4 is 12.3 Å². The Morgan fingerprint density at radius 3 is 2.56 bits per heavy atom. The van der Waals surface area contributed by atoms with E-state index in [0.717, 1.165) is 37.6 Å². The van der Waals surface area contributed by atoms with E-state index >= 15 is 0 Å². The molecule has 1 fully saturated rings. The lowest BCUT2D eigenvalue weighted by molar-refractivity contribution is -0.128. The van der Waals surface area contributed by atoms with Crippen LogP contribution in [0.5, 0.6) is 11.5 Å². The Kier molecular flexibility index (Phi) is 12.6. The predicted octanol–water partition coefficient (Wildman–Crippen LogP) is 4.13. The largest absolute Gasteiger partial charge is 0.507 e. The van der Waals surface area contributed by atoms with Crippen LogP contribution in [-0.4, -0.2) is 54.1 Å². The highest BCUT2D eigenvalue weighted by Gasteiger charge is 2.16. The van der Waals surface area contributed by atoms with E-state index in [2.05, 4.69) is 30.3 Å². The maximum Gasteiger partial charge on any atom is 0.387 e. The summed E-state index contributed by atoms with van der Waals surface area (Å²) in [6.45, 7) is 7.50. The summed E-state index contributed by atoms with van der Waals surface area (Å²) in [5.41, 5.74) is 1.73. The Morgan fingerprint density at radius 1 is 1.31 bits per heavy atom. The number of aromatic nitrogens is 2. The van der Waals surface area contributed by atoms with Crippen LogP contribution in [0, 0.1) is 6.92 Å². The molecule has 2 aromatic rings.